The van der Waals surface area contributed by atoms with Crippen molar-refractivity contribution in [3.8, 4) is 0 Å². The number of alkyl halides is 2. The van der Waals surface area contributed by atoms with Gasteiger partial charge in [-0.3, -0.25) is 4.79 Å². The molecule has 0 aliphatic carbocycles. The first-order valence-electron chi connectivity index (χ1n) is 5.62. The molecule has 1 aliphatic rings. The quantitative estimate of drug-likeness (QED) is 0.565. The van der Waals surface area contributed by atoms with E-state index < -0.39 is 36.3 Å². The number of amides is 1. The van der Waals surface area contributed by atoms with Crippen molar-refractivity contribution in [3.63, 3.8) is 0 Å². The topological polar surface area (TPSA) is 20.3 Å². The number of hydrogen-bond acceptors (Lipinski definition) is 1. The van der Waals surface area contributed by atoms with Gasteiger partial charge in [-0.2, -0.15) is 0 Å². The van der Waals surface area contributed by atoms with Gasteiger partial charge in [0.15, 0.2) is 0 Å². The number of carbonyl (C=O) groups excluding carboxylic acids is 1. The van der Waals surface area contributed by atoms with Gasteiger partial charge < -0.3 is 4.90 Å². The second-order valence-electron chi connectivity index (χ2n) is 4.40. The first-order valence-corrected chi connectivity index (χ1v) is 6.41. The number of benzene rings is 1. The van der Waals surface area contributed by atoms with E-state index in [4.69, 9.17) is 0 Å². The summed E-state index contributed by atoms with van der Waals surface area (Å²) >= 11 is 2.70. The van der Waals surface area contributed by atoms with E-state index in [0.717, 1.165) is 12.1 Å². The lowest BCUT2D eigenvalue weighted by Gasteiger charge is -2.31. The standard InChI is InChI=1S/C12H10BrF4NO/c13-10-8(14)5-7(6-9(10)15)11(19)18-3-1-12(16,17)2-4-18/h5-6H,1-4H2. The van der Waals surface area contributed by atoms with Gasteiger partial charge in [-0.25, -0.2) is 17.6 Å². The van der Waals surface area contributed by atoms with Crippen LogP contribution in [0.15, 0.2) is 16.6 Å². The van der Waals surface area contributed by atoms with Crippen LogP contribution in [0.25, 0.3) is 0 Å². The van der Waals surface area contributed by atoms with Gasteiger partial charge in [0.1, 0.15) is 11.6 Å². The SMILES string of the molecule is O=C(c1cc(F)c(Br)c(F)c1)N1CCC(F)(F)CC1. The fraction of sp³-hybridized carbons (Fsp3) is 0.417. The third-order valence-corrected chi connectivity index (χ3v) is 3.77. The van der Waals surface area contributed by atoms with E-state index in [1.54, 1.807) is 0 Å². The molecule has 1 aromatic rings. The molecule has 1 aliphatic heterocycles. The lowest BCUT2D eigenvalue weighted by Crippen LogP contribution is -2.42. The van der Waals surface area contributed by atoms with Crippen molar-refractivity contribution in [2.45, 2.75) is 18.8 Å². The number of rotatable bonds is 1. The summed E-state index contributed by atoms with van der Waals surface area (Å²) in [4.78, 5) is 13.1. The molecule has 1 fully saturated rings. The Morgan fingerprint density at radius 1 is 1.16 bits per heavy atom. The number of likely N-dealkylation sites (tertiary alicyclic amines) is 1. The number of halogens is 5. The molecule has 1 amide bonds. The van der Waals surface area contributed by atoms with E-state index in [1.165, 1.54) is 4.90 Å². The summed E-state index contributed by atoms with van der Waals surface area (Å²) in [5, 5.41) is 0. The zero-order chi connectivity index (χ0) is 14.2. The monoisotopic (exact) mass is 339 g/mol. The Morgan fingerprint density at radius 3 is 2.11 bits per heavy atom. The van der Waals surface area contributed by atoms with Crippen molar-refractivity contribution < 1.29 is 22.4 Å². The van der Waals surface area contributed by atoms with E-state index in [1.807, 2.05) is 0 Å². The lowest BCUT2D eigenvalue weighted by atomic mass is 10.1. The van der Waals surface area contributed by atoms with Gasteiger partial charge in [-0.1, -0.05) is 0 Å². The van der Waals surface area contributed by atoms with E-state index in [-0.39, 0.29) is 23.1 Å². The maximum absolute atomic E-state index is 13.3. The molecule has 0 N–H and O–H groups in total. The van der Waals surface area contributed by atoms with Crippen LogP contribution in [0.4, 0.5) is 17.6 Å². The molecule has 2 rings (SSSR count). The second-order valence-corrected chi connectivity index (χ2v) is 5.20. The molecule has 0 unspecified atom stereocenters. The highest BCUT2D eigenvalue weighted by Crippen LogP contribution is 2.29. The molecular formula is C12H10BrF4NO. The molecule has 0 saturated carbocycles. The highest BCUT2D eigenvalue weighted by Gasteiger charge is 2.36. The van der Waals surface area contributed by atoms with Crippen molar-refractivity contribution in [3.05, 3.63) is 33.8 Å². The van der Waals surface area contributed by atoms with Crippen LogP contribution in [-0.2, 0) is 0 Å². The van der Waals surface area contributed by atoms with Crippen LogP contribution in [0.5, 0.6) is 0 Å². The number of hydrogen-bond donors (Lipinski definition) is 0. The Hall–Kier alpha value is -1.11. The first kappa shape index (κ1) is 14.3. The molecule has 0 bridgehead atoms. The summed E-state index contributed by atoms with van der Waals surface area (Å²) in [7, 11) is 0. The molecule has 19 heavy (non-hydrogen) atoms. The van der Waals surface area contributed by atoms with E-state index >= 15 is 0 Å². The first-order chi connectivity index (χ1) is 8.80. The summed E-state index contributed by atoms with van der Waals surface area (Å²) in [5.74, 6) is -5.20. The van der Waals surface area contributed by atoms with E-state index in [9.17, 15) is 22.4 Å². The van der Waals surface area contributed by atoms with Crippen LogP contribution >= 0.6 is 15.9 Å². The Morgan fingerprint density at radius 2 is 1.63 bits per heavy atom. The predicted octanol–water partition coefficient (Wildman–Crippen LogP) is 3.60. The normalized spacial score (nSPS) is 18.5. The zero-order valence-corrected chi connectivity index (χ0v) is 11.3. The average Bonchev–Trinajstić information content (AvgIpc) is 2.34. The molecule has 2 nitrogen and oxygen atoms in total. The minimum absolute atomic E-state index is 0.120. The van der Waals surface area contributed by atoms with Gasteiger partial charge in [-0.05, 0) is 28.1 Å². The van der Waals surface area contributed by atoms with Crippen LogP contribution in [0.2, 0.25) is 0 Å². The van der Waals surface area contributed by atoms with Gasteiger partial charge in [0.2, 0.25) is 0 Å². The van der Waals surface area contributed by atoms with Crippen molar-refractivity contribution in [2.75, 3.05) is 13.1 Å². The van der Waals surface area contributed by atoms with E-state index in [0.29, 0.717) is 0 Å². The van der Waals surface area contributed by atoms with Gasteiger partial charge in [0.05, 0.1) is 4.47 Å². The van der Waals surface area contributed by atoms with E-state index in [2.05, 4.69) is 15.9 Å². The van der Waals surface area contributed by atoms with Crippen LogP contribution < -0.4 is 0 Å². The van der Waals surface area contributed by atoms with Crippen molar-refractivity contribution in [1.29, 1.82) is 0 Å². The highest BCUT2D eigenvalue weighted by molar-refractivity contribution is 9.10. The molecule has 1 heterocycles. The fourth-order valence-corrected chi connectivity index (χ4v) is 2.13. The Balaban J connectivity index is 2.17. The summed E-state index contributed by atoms with van der Waals surface area (Å²) in [6.07, 6.45) is -0.861. The Kier molecular flexibility index (Phi) is 3.85. The highest BCUT2D eigenvalue weighted by atomic mass is 79.9. The molecule has 7 heteroatoms. The summed E-state index contributed by atoms with van der Waals surface area (Å²) < 4.78 is 52.2. The molecule has 0 aromatic heterocycles. The lowest BCUT2D eigenvalue weighted by molar-refractivity contribution is -0.0494. The number of piperidine rings is 1. The van der Waals surface area contributed by atoms with Crippen LogP contribution in [0.1, 0.15) is 23.2 Å². The van der Waals surface area contributed by atoms with Crippen LogP contribution in [0.3, 0.4) is 0 Å². The van der Waals surface area contributed by atoms with Crippen LogP contribution in [0, 0.1) is 11.6 Å². The molecular weight excluding hydrogens is 330 g/mol. The molecule has 0 spiro atoms. The maximum Gasteiger partial charge on any atom is 0.254 e. The third-order valence-electron chi connectivity index (χ3n) is 3.01. The van der Waals surface area contributed by atoms with Gasteiger partial charge in [-0.15, -0.1) is 0 Å². The average molecular weight is 340 g/mol. The molecule has 0 atom stereocenters. The largest absolute Gasteiger partial charge is 0.338 e. The Labute approximate surface area is 115 Å². The smallest absolute Gasteiger partial charge is 0.254 e. The third kappa shape index (κ3) is 3.08. The second kappa shape index (κ2) is 5.11. The Bertz CT molecular complexity index is 487. The zero-order valence-electron chi connectivity index (χ0n) is 9.73. The van der Waals surface area contributed by atoms with Gasteiger partial charge in [0, 0.05) is 31.5 Å². The fourth-order valence-electron chi connectivity index (χ4n) is 1.90. The predicted molar refractivity (Wildman–Crippen MR) is 64.1 cm³/mol. The summed E-state index contributed by atoms with van der Waals surface area (Å²) in [5.41, 5.74) is -0.177. The number of carbonyl (C=O) groups is 1. The molecule has 0 radical (unpaired) electrons. The summed E-state index contributed by atoms with van der Waals surface area (Å²) in [6.45, 7) is -0.240. The van der Waals surface area contributed by atoms with Crippen LogP contribution in [-0.4, -0.2) is 29.8 Å². The summed E-state index contributed by atoms with van der Waals surface area (Å²) in [6, 6.07) is 1.78. The van der Waals surface area contributed by atoms with Crippen molar-refractivity contribution in [1.82, 2.24) is 4.90 Å². The molecule has 104 valence electrons. The number of nitrogens with zero attached hydrogens (tertiary/aromatic N) is 1. The molecule has 1 saturated heterocycles. The van der Waals surface area contributed by atoms with Gasteiger partial charge in [0.25, 0.3) is 11.8 Å². The minimum atomic E-state index is -2.77. The minimum Gasteiger partial charge on any atom is -0.338 e. The molecule has 1 aromatic carbocycles. The van der Waals surface area contributed by atoms with Gasteiger partial charge >= 0.3 is 0 Å². The van der Waals surface area contributed by atoms with Crippen molar-refractivity contribution in [2.24, 2.45) is 0 Å². The maximum atomic E-state index is 13.3. The van der Waals surface area contributed by atoms with Crippen molar-refractivity contribution >= 4 is 21.8 Å².